The third-order valence-electron chi connectivity index (χ3n) is 3.01. The number of aryl methyl sites for hydroxylation is 1. The van der Waals surface area contributed by atoms with Crippen molar-refractivity contribution in [2.24, 2.45) is 0 Å². The lowest BCUT2D eigenvalue weighted by molar-refractivity contribution is 0.607. The molecule has 1 N–H and O–H groups in total. The van der Waals surface area contributed by atoms with E-state index in [0.717, 1.165) is 32.6 Å². The van der Waals surface area contributed by atoms with E-state index in [4.69, 9.17) is 0 Å². The van der Waals surface area contributed by atoms with Crippen LogP contribution in [-0.2, 0) is 10.0 Å². The minimum absolute atomic E-state index is 0.557. The maximum atomic E-state index is 11.6. The van der Waals surface area contributed by atoms with Crippen LogP contribution in [0.15, 0.2) is 42.5 Å². The molecule has 0 amide bonds. The van der Waals surface area contributed by atoms with Crippen LogP contribution in [0.1, 0.15) is 5.01 Å². The zero-order valence-corrected chi connectivity index (χ0v) is 13.3. The number of nitrogens with one attached hydrogen (secondary N) is 1. The van der Waals surface area contributed by atoms with Gasteiger partial charge in [-0.3, -0.25) is 4.72 Å². The van der Waals surface area contributed by atoms with Crippen LogP contribution in [0.5, 0.6) is 0 Å². The number of thiazole rings is 1. The molecule has 0 unspecified atom stereocenters. The molecule has 21 heavy (non-hydrogen) atoms. The SMILES string of the molecule is Cc1nc2cc(NS(C)(=O)=O)c(-c3ccccc3)cc2s1. The molecule has 6 heteroatoms. The van der Waals surface area contributed by atoms with Crippen LogP contribution in [0.25, 0.3) is 21.3 Å². The van der Waals surface area contributed by atoms with E-state index in [0.29, 0.717) is 5.69 Å². The molecule has 0 bridgehead atoms. The van der Waals surface area contributed by atoms with E-state index >= 15 is 0 Å². The molecule has 0 aliphatic rings. The Morgan fingerprint density at radius 1 is 1.14 bits per heavy atom. The summed E-state index contributed by atoms with van der Waals surface area (Å²) in [6, 6.07) is 13.5. The number of benzene rings is 2. The van der Waals surface area contributed by atoms with Crippen LogP contribution < -0.4 is 4.72 Å². The van der Waals surface area contributed by atoms with Crippen molar-refractivity contribution in [2.75, 3.05) is 11.0 Å². The smallest absolute Gasteiger partial charge is 0.229 e. The van der Waals surface area contributed by atoms with Crippen molar-refractivity contribution in [3.63, 3.8) is 0 Å². The molecule has 2 aromatic carbocycles. The summed E-state index contributed by atoms with van der Waals surface area (Å²) in [5.74, 6) is 0. The maximum absolute atomic E-state index is 11.6. The van der Waals surface area contributed by atoms with Crippen molar-refractivity contribution in [3.05, 3.63) is 47.5 Å². The Kier molecular flexibility index (Phi) is 3.43. The van der Waals surface area contributed by atoms with Gasteiger partial charge in [-0.15, -0.1) is 11.3 Å². The largest absolute Gasteiger partial charge is 0.283 e. The van der Waals surface area contributed by atoms with E-state index < -0.39 is 10.0 Å². The summed E-state index contributed by atoms with van der Waals surface area (Å²) in [5.41, 5.74) is 3.19. The fourth-order valence-corrected chi connectivity index (χ4v) is 3.65. The summed E-state index contributed by atoms with van der Waals surface area (Å²) in [7, 11) is -3.34. The fraction of sp³-hybridized carbons (Fsp3) is 0.133. The van der Waals surface area contributed by atoms with E-state index in [1.54, 1.807) is 17.4 Å². The number of nitrogens with zero attached hydrogens (tertiary/aromatic N) is 1. The summed E-state index contributed by atoms with van der Waals surface area (Å²) in [4.78, 5) is 4.42. The first-order chi connectivity index (χ1) is 9.92. The second kappa shape index (κ2) is 5.13. The average Bonchev–Trinajstić information content (AvgIpc) is 2.76. The second-order valence-corrected chi connectivity index (χ2v) is 7.82. The molecule has 108 valence electrons. The summed E-state index contributed by atoms with van der Waals surface area (Å²) >= 11 is 1.60. The van der Waals surface area contributed by atoms with Crippen molar-refractivity contribution >= 4 is 37.3 Å². The van der Waals surface area contributed by atoms with Gasteiger partial charge in [-0.2, -0.15) is 0 Å². The third-order valence-corrected chi connectivity index (χ3v) is 4.54. The van der Waals surface area contributed by atoms with Crippen LogP contribution in [0.4, 0.5) is 5.69 Å². The molecule has 0 atom stereocenters. The molecular formula is C15H14N2O2S2. The molecule has 3 aromatic rings. The predicted molar refractivity (Wildman–Crippen MR) is 88.3 cm³/mol. The van der Waals surface area contributed by atoms with E-state index in [1.807, 2.05) is 43.3 Å². The normalized spacial score (nSPS) is 11.7. The third kappa shape index (κ3) is 3.06. The number of aromatic nitrogens is 1. The predicted octanol–water partition coefficient (Wildman–Crippen LogP) is 3.64. The minimum Gasteiger partial charge on any atom is -0.283 e. The highest BCUT2D eigenvalue weighted by Crippen LogP contribution is 2.35. The Balaban J connectivity index is 2.26. The van der Waals surface area contributed by atoms with Gasteiger partial charge in [0.2, 0.25) is 10.0 Å². The highest BCUT2D eigenvalue weighted by molar-refractivity contribution is 7.92. The van der Waals surface area contributed by atoms with Crippen LogP contribution >= 0.6 is 11.3 Å². The van der Waals surface area contributed by atoms with Crippen LogP contribution in [0, 0.1) is 6.92 Å². The van der Waals surface area contributed by atoms with E-state index in [9.17, 15) is 8.42 Å². The molecule has 1 aromatic heterocycles. The molecule has 0 spiro atoms. The van der Waals surface area contributed by atoms with Gasteiger partial charge in [-0.05, 0) is 24.6 Å². The Bertz CT molecular complexity index is 900. The van der Waals surface area contributed by atoms with Crippen molar-refractivity contribution in [1.29, 1.82) is 0 Å². The number of sulfonamides is 1. The fourth-order valence-electron chi connectivity index (χ4n) is 2.23. The van der Waals surface area contributed by atoms with Crippen LogP contribution in [0.3, 0.4) is 0 Å². The molecule has 0 aliphatic heterocycles. The topological polar surface area (TPSA) is 59.1 Å². The molecule has 0 fully saturated rings. The van der Waals surface area contributed by atoms with Crippen LogP contribution in [0.2, 0.25) is 0 Å². The summed E-state index contributed by atoms with van der Waals surface area (Å²) in [6.07, 6.45) is 1.15. The number of hydrogen-bond acceptors (Lipinski definition) is 4. The van der Waals surface area contributed by atoms with E-state index in [2.05, 4.69) is 9.71 Å². The van der Waals surface area contributed by atoms with Crippen molar-refractivity contribution in [1.82, 2.24) is 4.98 Å². The lowest BCUT2D eigenvalue weighted by Gasteiger charge is -2.11. The molecule has 1 heterocycles. The highest BCUT2D eigenvalue weighted by atomic mass is 32.2. The lowest BCUT2D eigenvalue weighted by atomic mass is 10.0. The summed E-state index contributed by atoms with van der Waals surface area (Å²) < 4.78 is 26.8. The molecular weight excluding hydrogens is 304 g/mol. The van der Waals surface area contributed by atoms with Gasteiger partial charge in [0.15, 0.2) is 0 Å². The first-order valence-electron chi connectivity index (χ1n) is 6.37. The van der Waals surface area contributed by atoms with Crippen molar-refractivity contribution in [2.45, 2.75) is 6.92 Å². The lowest BCUT2D eigenvalue weighted by Crippen LogP contribution is -2.10. The molecule has 3 rings (SSSR count). The van der Waals surface area contributed by atoms with Gasteiger partial charge in [-0.1, -0.05) is 30.3 Å². The zero-order valence-electron chi connectivity index (χ0n) is 11.6. The quantitative estimate of drug-likeness (QED) is 0.802. The molecule has 0 aliphatic carbocycles. The van der Waals surface area contributed by atoms with Gasteiger partial charge >= 0.3 is 0 Å². The number of fused-ring (bicyclic) bond motifs is 1. The van der Waals surface area contributed by atoms with Crippen LogP contribution in [-0.4, -0.2) is 19.7 Å². The van der Waals surface area contributed by atoms with E-state index in [1.165, 1.54) is 0 Å². The zero-order chi connectivity index (χ0) is 15.0. The molecule has 0 saturated heterocycles. The van der Waals surface area contributed by atoms with Gasteiger partial charge in [0.05, 0.1) is 27.2 Å². The first kappa shape index (κ1) is 14.0. The highest BCUT2D eigenvalue weighted by Gasteiger charge is 2.13. The number of hydrogen-bond donors (Lipinski definition) is 1. The number of rotatable bonds is 3. The van der Waals surface area contributed by atoms with Gasteiger partial charge < -0.3 is 0 Å². The minimum atomic E-state index is -3.34. The molecule has 0 saturated carbocycles. The first-order valence-corrected chi connectivity index (χ1v) is 9.07. The summed E-state index contributed by atoms with van der Waals surface area (Å²) in [6.45, 7) is 1.94. The van der Waals surface area contributed by atoms with Crippen molar-refractivity contribution < 1.29 is 8.42 Å². The Hall–Kier alpha value is -1.92. The Morgan fingerprint density at radius 2 is 1.86 bits per heavy atom. The Morgan fingerprint density at radius 3 is 2.52 bits per heavy atom. The second-order valence-electron chi connectivity index (χ2n) is 4.84. The van der Waals surface area contributed by atoms with Gasteiger partial charge in [-0.25, -0.2) is 13.4 Å². The Labute approximate surface area is 127 Å². The molecule has 4 nitrogen and oxygen atoms in total. The van der Waals surface area contributed by atoms with E-state index in [-0.39, 0.29) is 0 Å². The standard InChI is InChI=1S/C15H14N2O2S2/c1-10-16-14-9-13(17-21(2,18)19)12(8-15(14)20-10)11-6-4-3-5-7-11/h3-9,17H,1-2H3. The number of anilines is 1. The monoisotopic (exact) mass is 318 g/mol. The summed E-state index contributed by atoms with van der Waals surface area (Å²) in [5, 5.41) is 0.959. The van der Waals surface area contributed by atoms with Gasteiger partial charge in [0.1, 0.15) is 0 Å². The average molecular weight is 318 g/mol. The molecule has 0 radical (unpaired) electrons. The van der Waals surface area contributed by atoms with Crippen molar-refractivity contribution in [3.8, 4) is 11.1 Å². The van der Waals surface area contributed by atoms with Gasteiger partial charge in [0.25, 0.3) is 0 Å². The maximum Gasteiger partial charge on any atom is 0.229 e. The van der Waals surface area contributed by atoms with Gasteiger partial charge in [0, 0.05) is 5.56 Å².